The molecule has 0 fully saturated rings. The Hall–Kier alpha value is -2.14. The molecule has 0 unspecified atom stereocenters. The third-order valence-corrected chi connectivity index (χ3v) is 3.28. The first kappa shape index (κ1) is 14.3. The minimum atomic E-state index is -0.837. The van der Waals surface area contributed by atoms with Crippen molar-refractivity contribution in [1.29, 1.82) is 0 Å². The minimum Gasteiger partial charge on any atom is -0.381 e. The molecule has 0 atom stereocenters. The summed E-state index contributed by atoms with van der Waals surface area (Å²) in [5, 5.41) is 14.2. The zero-order valence-corrected chi connectivity index (χ0v) is 11.4. The Morgan fingerprint density at radius 2 is 2.05 bits per heavy atom. The van der Waals surface area contributed by atoms with Crippen LogP contribution in [-0.4, -0.2) is 4.92 Å². The second-order valence-corrected chi connectivity index (χ2v) is 4.77. The maximum absolute atomic E-state index is 13.5. The van der Waals surface area contributed by atoms with Crippen molar-refractivity contribution in [3.8, 4) is 0 Å². The van der Waals surface area contributed by atoms with Gasteiger partial charge in [0.05, 0.1) is 4.92 Å². The van der Waals surface area contributed by atoms with Crippen molar-refractivity contribution in [3.63, 3.8) is 0 Å². The molecule has 0 radical (unpaired) electrons. The average Bonchev–Trinajstić information content (AvgIpc) is 2.40. The second kappa shape index (κ2) is 5.88. The number of benzene rings is 2. The molecule has 6 heteroatoms. The Bertz CT molecular complexity index is 662. The molecule has 2 aromatic carbocycles. The van der Waals surface area contributed by atoms with Crippen LogP contribution in [0, 0.1) is 22.9 Å². The quantitative estimate of drug-likeness (QED) is 0.675. The number of rotatable bonds is 4. The molecule has 0 heterocycles. The number of anilines is 1. The number of nitrogens with zero attached hydrogens (tertiary/aromatic N) is 1. The molecule has 0 aliphatic heterocycles. The van der Waals surface area contributed by atoms with Crippen LogP contribution in [0.1, 0.15) is 11.1 Å². The summed E-state index contributed by atoms with van der Waals surface area (Å²) in [4.78, 5) is 9.77. The number of halogens is 2. The molecule has 2 rings (SSSR count). The number of nitro benzene ring substituents is 1. The first-order valence-electron chi connectivity index (χ1n) is 5.90. The lowest BCUT2D eigenvalue weighted by Crippen LogP contribution is -2.01. The van der Waals surface area contributed by atoms with Gasteiger partial charge in [-0.05, 0) is 36.2 Å². The lowest BCUT2D eigenvalue weighted by Gasteiger charge is -2.08. The van der Waals surface area contributed by atoms with Crippen molar-refractivity contribution in [1.82, 2.24) is 0 Å². The maximum Gasteiger partial charge on any atom is 0.304 e. The van der Waals surface area contributed by atoms with Gasteiger partial charge in [-0.1, -0.05) is 23.7 Å². The fourth-order valence-corrected chi connectivity index (χ4v) is 1.90. The molecule has 1 N–H and O–H groups in total. The van der Waals surface area contributed by atoms with E-state index in [9.17, 15) is 14.5 Å². The molecule has 20 heavy (non-hydrogen) atoms. The minimum absolute atomic E-state index is 0.355. The van der Waals surface area contributed by atoms with Gasteiger partial charge in [-0.2, -0.15) is 4.39 Å². The van der Waals surface area contributed by atoms with Crippen LogP contribution < -0.4 is 5.32 Å². The average molecular weight is 295 g/mol. The molecule has 0 aliphatic carbocycles. The highest BCUT2D eigenvalue weighted by molar-refractivity contribution is 6.31. The highest BCUT2D eigenvalue weighted by Crippen LogP contribution is 2.22. The van der Waals surface area contributed by atoms with E-state index in [0.29, 0.717) is 17.1 Å². The van der Waals surface area contributed by atoms with Gasteiger partial charge in [0.15, 0.2) is 0 Å². The Morgan fingerprint density at radius 3 is 2.65 bits per heavy atom. The summed E-state index contributed by atoms with van der Waals surface area (Å²) in [6.07, 6.45) is 0. The summed E-state index contributed by atoms with van der Waals surface area (Å²) in [5.41, 5.74) is 1.87. The number of hydrogen-bond donors (Lipinski definition) is 1. The van der Waals surface area contributed by atoms with E-state index in [0.717, 1.165) is 23.4 Å². The highest BCUT2D eigenvalue weighted by Gasteiger charge is 2.13. The molecular formula is C14H12ClFN2O2. The Kier molecular flexibility index (Phi) is 4.20. The van der Waals surface area contributed by atoms with Gasteiger partial charge in [0.2, 0.25) is 5.82 Å². The standard InChI is InChI=1S/C14H12ClFN2O2/c1-9-2-4-11(7-12(9)15)17-8-10-3-5-14(18(19)20)13(16)6-10/h2-7,17H,8H2,1H3. The van der Waals surface area contributed by atoms with E-state index in [1.165, 1.54) is 6.07 Å². The molecule has 0 aromatic heterocycles. The van der Waals surface area contributed by atoms with Crippen LogP contribution in [-0.2, 0) is 6.54 Å². The topological polar surface area (TPSA) is 55.2 Å². The zero-order valence-electron chi connectivity index (χ0n) is 10.7. The van der Waals surface area contributed by atoms with Crippen LogP contribution in [0.2, 0.25) is 5.02 Å². The van der Waals surface area contributed by atoms with Gasteiger partial charge in [-0.3, -0.25) is 10.1 Å². The van der Waals surface area contributed by atoms with Crippen LogP contribution in [0.3, 0.4) is 0 Å². The fraction of sp³-hybridized carbons (Fsp3) is 0.143. The van der Waals surface area contributed by atoms with E-state index < -0.39 is 16.4 Å². The summed E-state index contributed by atoms with van der Waals surface area (Å²) in [5.74, 6) is -0.837. The van der Waals surface area contributed by atoms with Gasteiger partial charge in [0.1, 0.15) is 0 Å². The molecule has 0 saturated carbocycles. The maximum atomic E-state index is 13.5. The zero-order chi connectivity index (χ0) is 14.7. The summed E-state index contributed by atoms with van der Waals surface area (Å²) >= 11 is 6.00. The number of nitrogens with one attached hydrogen (secondary N) is 1. The molecule has 2 aromatic rings. The Morgan fingerprint density at radius 1 is 1.30 bits per heavy atom. The Labute approximate surface area is 120 Å². The highest BCUT2D eigenvalue weighted by atomic mass is 35.5. The molecule has 0 bridgehead atoms. The molecule has 0 amide bonds. The van der Waals surface area contributed by atoms with E-state index in [-0.39, 0.29) is 0 Å². The van der Waals surface area contributed by atoms with E-state index in [2.05, 4.69) is 5.32 Å². The number of hydrogen-bond acceptors (Lipinski definition) is 3. The van der Waals surface area contributed by atoms with Crippen molar-refractivity contribution in [2.24, 2.45) is 0 Å². The second-order valence-electron chi connectivity index (χ2n) is 4.36. The van der Waals surface area contributed by atoms with E-state index in [1.54, 1.807) is 6.07 Å². The van der Waals surface area contributed by atoms with Gasteiger partial charge in [-0.25, -0.2) is 0 Å². The lowest BCUT2D eigenvalue weighted by atomic mass is 10.2. The van der Waals surface area contributed by atoms with Gasteiger partial charge in [-0.15, -0.1) is 0 Å². The predicted molar refractivity (Wildman–Crippen MR) is 76.6 cm³/mol. The SMILES string of the molecule is Cc1ccc(NCc2ccc([N+](=O)[O-])c(F)c2)cc1Cl. The van der Waals surface area contributed by atoms with Crippen LogP contribution in [0.25, 0.3) is 0 Å². The lowest BCUT2D eigenvalue weighted by molar-refractivity contribution is -0.387. The van der Waals surface area contributed by atoms with E-state index in [1.807, 2.05) is 19.1 Å². The van der Waals surface area contributed by atoms with Crippen molar-refractivity contribution in [2.75, 3.05) is 5.32 Å². The summed E-state index contributed by atoms with van der Waals surface area (Å²) in [6, 6.07) is 9.35. The van der Waals surface area contributed by atoms with Crippen LogP contribution in [0.4, 0.5) is 15.8 Å². The molecule has 104 valence electrons. The van der Waals surface area contributed by atoms with E-state index >= 15 is 0 Å². The third-order valence-electron chi connectivity index (χ3n) is 2.88. The van der Waals surface area contributed by atoms with Crippen molar-refractivity contribution in [3.05, 3.63) is 68.5 Å². The Balaban J connectivity index is 2.09. The van der Waals surface area contributed by atoms with Crippen molar-refractivity contribution >= 4 is 23.0 Å². The largest absolute Gasteiger partial charge is 0.381 e. The van der Waals surface area contributed by atoms with Gasteiger partial charge < -0.3 is 5.32 Å². The van der Waals surface area contributed by atoms with Crippen molar-refractivity contribution in [2.45, 2.75) is 13.5 Å². The molecule has 4 nitrogen and oxygen atoms in total. The molecule has 0 spiro atoms. The summed E-state index contributed by atoms with van der Waals surface area (Å²) in [6.45, 7) is 2.26. The number of aryl methyl sites for hydroxylation is 1. The first-order chi connectivity index (χ1) is 9.47. The van der Waals surface area contributed by atoms with Gasteiger partial charge >= 0.3 is 5.69 Å². The monoisotopic (exact) mass is 294 g/mol. The molecular weight excluding hydrogens is 283 g/mol. The van der Waals surface area contributed by atoms with Crippen LogP contribution in [0.5, 0.6) is 0 Å². The van der Waals surface area contributed by atoms with Crippen LogP contribution in [0.15, 0.2) is 36.4 Å². The normalized spacial score (nSPS) is 10.3. The first-order valence-corrected chi connectivity index (χ1v) is 6.28. The van der Waals surface area contributed by atoms with E-state index in [4.69, 9.17) is 11.6 Å². The fourth-order valence-electron chi connectivity index (χ4n) is 1.72. The number of nitro groups is 1. The van der Waals surface area contributed by atoms with Gasteiger partial charge in [0, 0.05) is 23.3 Å². The summed E-state index contributed by atoms with van der Waals surface area (Å²) < 4.78 is 13.5. The van der Waals surface area contributed by atoms with Crippen LogP contribution >= 0.6 is 11.6 Å². The smallest absolute Gasteiger partial charge is 0.304 e. The molecule has 0 aliphatic rings. The third kappa shape index (κ3) is 3.24. The molecule has 0 saturated heterocycles. The summed E-state index contributed by atoms with van der Waals surface area (Å²) in [7, 11) is 0. The van der Waals surface area contributed by atoms with Gasteiger partial charge in [0.25, 0.3) is 0 Å². The van der Waals surface area contributed by atoms with Crippen molar-refractivity contribution < 1.29 is 9.31 Å². The predicted octanol–water partition coefficient (Wildman–Crippen LogP) is 4.31.